The number of aromatic hydroxyl groups is 1. The number of nitrogens with one attached hydrogen (secondary N) is 2. The molecule has 41 heavy (non-hydrogen) atoms. The molecule has 2 aromatic rings. The van der Waals surface area contributed by atoms with Crippen molar-refractivity contribution in [3.63, 3.8) is 0 Å². The van der Waals surface area contributed by atoms with Gasteiger partial charge in [-0.15, -0.1) is 0 Å². The second kappa shape index (κ2) is 14.9. The van der Waals surface area contributed by atoms with Crippen molar-refractivity contribution in [2.24, 2.45) is 0 Å². The largest absolute Gasteiger partial charge is 0.508 e. The van der Waals surface area contributed by atoms with Crippen LogP contribution in [0.2, 0.25) is 0 Å². The van der Waals surface area contributed by atoms with Gasteiger partial charge in [-0.3, -0.25) is 9.59 Å². The minimum Gasteiger partial charge on any atom is -0.508 e. The van der Waals surface area contributed by atoms with E-state index in [0.29, 0.717) is 18.5 Å². The molecule has 3 amide bonds. The second-order valence-electron chi connectivity index (χ2n) is 12.3. The molecule has 0 spiro atoms. The number of phenolic OH excluding ortho intramolecular Hbond substituents is 1. The molecule has 2 aromatic carbocycles. The minimum atomic E-state index is -1.03. The summed E-state index contributed by atoms with van der Waals surface area (Å²) < 4.78 is 5.51. The van der Waals surface area contributed by atoms with Crippen molar-refractivity contribution in [1.29, 1.82) is 0 Å². The molecule has 3 N–H and O–H groups in total. The number of nitrogens with zero attached hydrogens (tertiary/aromatic N) is 1. The van der Waals surface area contributed by atoms with Gasteiger partial charge in [0.25, 0.3) is 0 Å². The third-order valence-corrected chi connectivity index (χ3v) is 7.10. The third kappa shape index (κ3) is 10.4. The Balaban J connectivity index is 2.60. The Morgan fingerprint density at radius 2 is 1.54 bits per heavy atom. The lowest BCUT2D eigenvalue weighted by atomic mass is 9.91. The van der Waals surface area contributed by atoms with Gasteiger partial charge in [-0.05, 0) is 77.6 Å². The van der Waals surface area contributed by atoms with Crippen LogP contribution in [0.5, 0.6) is 5.75 Å². The van der Waals surface area contributed by atoms with Gasteiger partial charge in [0.1, 0.15) is 23.4 Å². The van der Waals surface area contributed by atoms with Crippen LogP contribution in [-0.2, 0) is 20.7 Å². The van der Waals surface area contributed by atoms with E-state index in [9.17, 15) is 19.5 Å². The molecule has 0 aliphatic rings. The fraction of sp³-hybridized carbons (Fsp3) is 0.545. The average molecular weight is 568 g/mol. The van der Waals surface area contributed by atoms with Crippen molar-refractivity contribution >= 4 is 17.9 Å². The summed E-state index contributed by atoms with van der Waals surface area (Å²) in [5.74, 6) is -0.560. The molecule has 0 aromatic heterocycles. The van der Waals surface area contributed by atoms with Crippen LogP contribution in [0.4, 0.5) is 4.79 Å². The van der Waals surface area contributed by atoms with Gasteiger partial charge in [0.15, 0.2) is 0 Å². The molecule has 0 radical (unpaired) electrons. The molecule has 0 bridgehead atoms. The first kappa shape index (κ1) is 33.7. The number of rotatable bonds is 13. The maximum absolute atomic E-state index is 14.6. The molecule has 2 atom stereocenters. The number of phenols is 1. The van der Waals surface area contributed by atoms with Crippen molar-refractivity contribution in [3.8, 4) is 5.75 Å². The first-order valence-electron chi connectivity index (χ1n) is 14.6. The van der Waals surface area contributed by atoms with Crippen molar-refractivity contribution in [1.82, 2.24) is 15.5 Å². The summed E-state index contributed by atoms with van der Waals surface area (Å²) >= 11 is 0. The van der Waals surface area contributed by atoms with Gasteiger partial charge < -0.3 is 25.4 Å². The van der Waals surface area contributed by atoms with Gasteiger partial charge in [-0.1, -0.05) is 68.7 Å². The molecule has 226 valence electrons. The maximum Gasteiger partial charge on any atom is 0.408 e. The molecule has 0 saturated heterocycles. The van der Waals surface area contributed by atoms with Crippen LogP contribution < -0.4 is 10.6 Å². The molecule has 8 nitrogen and oxygen atoms in total. The van der Waals surface area contributed by atoms with Gasteiger partial charge in [0.2, 0.25) is 11.8 Å². The quantitative estimate of drug-likeness (QED) is 0.250. The Morgan fingerprint density at radius 3 is 2.07 bits per heavy atom. The van der Waals surface area contributed by atoms with Gasteiger partial charge in [-0.2, -0.15) is 0 Å². The van der Waals surface area contributed by atoms with E-state index in [4.69, 9.17) is 4.74 Å². The average Bonchev–Trinajstić information content (AvgIpc) is 2.89. The van der Waals surface area contributed by atoms with Gasteiger partial charge in [0.05, 0.1) is 0 Å². The van der Waals surface area contributed by atoms with Crippen LogP contribution in [0.3, 0.4) is 0 Å². The van der Waals surface area contributed by atoms with E-state index in [1.807, 2.05) is 52.0 Å². The zero-order valence-electron chi connectivity index (χ0n) is 26.0. The molecule has 0 aliphatic carbocycles. The fourth-order valence-corrected chi connectivity index (χ4v) is 4.48. The second-order valence-corrected chi connectivity index (χ2v) is 12.3. The lowest BCUT2D eigenvalue weighted by Crippen LogP contribution is -2.59. The topological polar surface area (TPSA) is 108 Å². The summed E-state index contributed by atoms with van der Waals surface area (Å²) in [5, 5.41) is 15.6. The Kier molecular flexibility index (Phi) is 12.2. The van der Waals surface area contributed by atoms with Crippen molar-refractivity contribution < 1.29 is 24.2 Å². The van der Waals surface area contributed by atoms with Gasteiger partial charge in [0, 0.05) is 18.5 Å². The molecule has 0 fully saturated rings. The Labute approximate surface area is 245 Å². The smallest absolute Gasteiger partial charge is 0.408 e. The third-order valence-electron chi connectivity index (χ3n) is 7.10. The van der Waals surface area contributed by atoms with Crippen LogP contribution in [-0.4, -0.2) is 51.6 Å². The number of amides is 3. The summed E-state index contributed by atoms with van der Waals surface area (Å²) in [4.78, 5) is 43.1. The lowest BCUT2D eigenvalue weighted by Gasteiger charge is -2.44. The van der Waals surface area contributed by atoms with E-state index in [2.05, 4.69) is 17.6 Å². The van der Waals surface area contributed by atoms with Crippen LogP contribution >= 0.6 is 0 Å². The summed E-state index contributed by atoms with van der Waals surface area (Å²) in [6, 6.07) is 12.2. The molecule has 8 heteroatoms. The van der Waals surface area contributed by atoms with E-state index in [1.54, 1.807) is 37.8 Å². The highest BCUT2D eigenvalue weighted by Gasteiger charge is 2.43. The summed E-state index contributed by atoms with van der Waals surface area (Å²) in [6.45, 7) is 15.7. The van der Waals surface area contributed by atoms with Crippen molar-refractivity contribution in [2.75, 3.05) is 6.54 Å². The number of hydrogen-bond donors (Lipinski definition) is 3. The van der Waals surface area contributed by atoms with E-state index in [-0.39, 0.29) is 18.1 Å². The van der Waals surface area contributed by atoms with E-state index in [0.717, 1.165) is 30.4 Å². The number of carbonyl (C=O) groups is 3. The normalized spacial score (nSPS) is 13.2. The number of ether oxygens (including phenoxy) is 1. The molecule has 0 saturated carbocycles. The number of hydrogen-bond acceptors (Lipinski definition) is 5. The lowest BCUT2D eigenvalue weighted by molar-refractivity contribution is -0.149. The summed E-state index contributed by atoms with van der Waals surface area (Å²) in [6.07, 6.45) is 2.86. The number of aryl methyl sites for hydroxylation is 1. The van der Waals surface area contributed by atoms with Gasteiger partial charge >= 0.3 is 6.09 Å². The number of unbranched alkanes of at least 4 members (excludes halogenated alkanes) is 2. The highest BCUT2D eigenvalue weighted by molar-refractivity contribution is 5.93. The molecular formula is C33H49N3O5. The number of benzene rings is 2. The van der Waals surface area contributed by atoms with E-state index in [1.165, 1.54) is 12.1 Å². The predicted molar refractivity (Wildman–Crippen MR) is 163 cm³/mol. The zero-order valence-corrected chi connectivity index (χ0v) is 26.0. The Morgan fingerprint density at radius 1 is 0.927 bits per heavy atom. The highest BCUT2D eigenvalue weighted by Crippen LogP contribution is 2.33. The van der Waals surface area contributed by atoms with Crippen molar-refractivity contribution in [2.45, 2.75) is 111 Å². The minimum absolute atomic E-state index is 0.102. The SMILES string of the molecule is CCCCCNC(=O)C(c1ccc(C)cc1)N(C(=O)C(Cc1ccc(O)cc1)NC(=O)OC(C)(C)C)C(C)(C)CC. The Hall–Kier alpha value is -3.55. The summed E-state index contributed by atoms with van der Waals surface area (Å²) in [7, 11) is 0. The van der Waals surface area contributed by atoms with Gasteiger partial charge in [-0.25, -0.2) is 4.79 Å². The number of alkyl carbamates (subject to hydrolysis) is 1. The van der Waals surface area contributed by atoms with E-state index < -0.39 is 35.2 Å². The molecule has 2 rings (SSSR count). The van der Waals surface area contributed by atoms with Crippen molar-refractivity contribution in [3.05, 3.63) is 65.2 Å². The van der Waals surface area contributed by atoms with Crippen LogP contribution in [0.1, 0.15) is 96.9 Å². The molecule has 2 unspecified atom stereocenters. The first-order valence-corrected chi connectivity index (χ1v) is 14.6. The first-order chi connectivity index (χ1) is 19.2. The Bertz CT molecular complexity index is 1140. The van der Waals surface area contributed by atoms with Crippen LogP contribution in [0, 0.1) is 6.92 Å². The van der Waals surface area contributed by atoms with Crippen LogP contribution in [0.15, 0.2) is 48.5 Å². The van der Waals surface area contributed by atoms with E-state index >= 15 is 0 Å². The molecule has 0 heterocycles. The predicted octanol–water partition coefficient (Wildman–Crippen LogP) is 6.20. The molecule has 0 aliphatic heterocycles. The highest BCUT2D eigenvalue weighted by atomic mass is 16.6. The number of carbonyl (C=O) groups excluding carboxylic acids is 3. The fourth-order valence-electron chi connectivity index (χ4n) is 4.48. The van der Waals surface area contributed by atoms with Crippen LogP contribution in [0.25, 0.3) is 0 Å². The summed E-state index contributed by atoms with van der Waals surface area (Å²) in [5.41, 5.74) is 0.971. The zero-order chi connectivity index (χ0) is 30.8. The standard InChI is InChI=1S/C33H49N3O5/c1-9-11-12-21-34-29(38)28(25-17-13-23(3)14-18-25)36(33(7,8)10-2)30(39)27(35-31(40)41-32(4,5)6)22-24-15-19-26(37)20-16-24/h13-20,27-28,37H,9-12,21-22H2,1-8H3,(H,34,38)(H,35,40). The maximum atomic E-state index is 14.6. The molecular weight excluding hydrogens is 518 g/mol. The monoisotopic (exact) mass is 567 g/mol.